The summed E-state index contributed by atoms with van der Waals surface area (Å²) in [5.74, 6) is -0.135. The van der Waals surface area contributed by atoms with Gasteiger partial charge >= 0.3 is 0 Å². The summed E-state index contributed by atoms with van der Waals surface area (Å²) in [5.41, 5.74) is 5.33. The van der Waals surface area contributed by atoms with E-state index in [4.69, 9.17) is 4.99 Å². The number of benzene rings is 3. The molecule has 2 heterocycles. The maximum Gasteiger partial charge on any atom is 0.251 e. The molecule has 5 rings (SSSR count). The second-order valence-electron chi connectivity index (χ2n) is 7.29. The van der Waals surface area contributed by atoms with Crippen molar-refractivity contribution in [1.29, 1.82) is 0 Å². The molecular weight excluding hydrogens is 482 g/mol. The third-order valence-electron chi connectivity index (χ3n) is 5.11. The lowest BCUT2D eigenvalue weighted by Gasteiger charge is -2.09. The Balaban J connectivity index is 1.51. The van der Waals surface area contributed by atoms with E-state index in [1.165, 1.54) is 0 Å². The quantitative estimate of drug-likeness (QED) is 0.310. The van der Waals surface area contributed by atoms with Gasteiger partial charge in [-0.05, 0) is 48.0 Å². The molecule has 0 saturated carbocycles. The van der Waals surface area contributed by atoms with Gasteiger partial charge in [0, 0.05) is 49.9 Å². The molecular formula is C26H18BrN3OS. The molecule has 1 aliphatic rings. The minimum Gasteiger partial charge on any atom is -0.348 e. The highest BCUT2D eigenvalue weighted by molar-refractivity contribution is 9.10. The third-order valence-corrected chi connectivity index (χ3v) is 6.78. The van der Waals surface area contributed by atoms with E-state index in [0.29, 0.717) is 12.1 Å². The fourth-order valence-electron chi connectivity index (χ4n) is 3.50. The average molecular weight is 500 g/mol. The highest BCUT2D eigenvalue weighted by Gasteiger charge is 2.20. The summed E-state index contributed by atoms with van der Waals surface area (Å²) in [5, 5.41) is 2.96. The molecule has 1 N–H and O–H groups in total. The van der Waals surface area contributed by atoms with E-state index in [1.54, 1.807) is 24.2 Å². The van der Waals surface area contributed by atoms with E-state index in [0.717, 1.165) is 42.4 Å². The summed E-state index contributed by atoms with van der Waals surface area (Å²) in [4.78, 5) is 24.1. The highest BCUT2D eigenvalue weighted by atomic mass is 79.9. The lowest BCUT2D eigenvalue weighted by atomic mass is 10.0. The lowest BCUT2D eigenvalue weighted by molar-refractivity contribution is 0.0951. The Labute approximate surface area is 199 Å². The second kappa shape index (κ2) is 9.10. The zero-order valence-electron chi connectivity index (χ0n) is 17.0. The lowest BCUT2D eigenvalue weighted by Crippen LogP contribution is -2.22. The maximum absolute atomic E-state index is 12.8. The van der Waals surface area contributed by atoms with Crippen LogP contribution in [0.2, 0.25) is 0 Å². The van der Waals surface area contributed by atoms with Crippen LogP contribution in [0, 0.1) is 0 Å². The number of halogens is 1. The Morgan fingerprint density at radius 3 is 2.59 bits per heavy atom. The number of hydrogen-bond acceptors (Lipinski definition) is 4. The molecule has 4 nitrogen and oxygen atoms in total. The predicted octanol–water partition coefficient (Wildman–Crippen LogP) is 6.41. The molecule has 32 heavy (non-hydrogen) atoms. The van der Waals surface area contributed by atoms with Crippen molar-refractivity contribution in [3.8, 4) is 0 Å². The summed E-state index contributed by atoms with van der Waals surface area (Å²) >= 11 is 5.18. The van der Waals surface area contributed by atoms with Gasteiger partial charge < -0.3 is 5.32 Å². The van der Waals surface area contributed by atoms with E-state index in [-0.39, 0.29) is 5.91 Å². The van der Waals surface area contributed by atoms with Gasteiger partial charge in [0.25, 0.3) is 5.91 Å². The zero-order valence-corrected chi connectivity index (χ0v) is 19.4. The topological polar surface area (TPSA) is 54.4 Å². The molecule has 0 spiro atoms. The number of fused-ring (bicyclic) bond motifs is 2. The fraction of sp³-hybridized carbons (Fsp3) is 0.0385. The average Bonchev–Trinajstić information content (AvgIpc) is 3.00. The SMILES string of the molecule is O=C(NCc1cccnc1)c1ccc2c(c1)N=C(c1ccc(Br)cc1)c1ccccc1S2. The van der Waals surface area contributed by atoms with Gasteiger partial charge in [0.2, 0.25) is 0 Å². The van der Waals surface area contributed by atoms with Crippen LogP contribution in [0.3, 0.4) is 0 Å². The van der Waals surface area contributed by atoms with Crippen molar-refractivity contribution in [1.82, 2.24) is 10.3 Å². The van der Waals surface area contributed by atoms with E-state index in [1.807, 2.05) is 54.6 Å². The van der Waals surface area contributed by atoms with Crippen LogP contribution in [-0.4, -0.2) is 16.6 Å². The number of nitrogens with zero attached hydrogens (tertiary/aromatic N) is 2. The molecule has 0 atom stereocenters. The van der Waals surface area contributed by atoms with Gasteiger partial charge in [-0.25, -0.2) is 4.99 Å². The Kier molecular flexibility index (Phi) is 5.88. The number of carbonyl (C=O) groups excluding carboxylic acids is 1. The van der Waals surface area contributed by atoms with E-state index >= 15 is 0 Å². The smallest absolute Gasteiger partial charge is 0.251 e. The molecule has 4 aromatic rings. The molecule has 0 bridgehead atoms. The summed E-state index contributed by atoms with van der Waals surface area (Å²) in [6.45, 7) is 0.428. The number of aliphatic imine (C=N–C) groups is 1. The molecule has 1 amide bonds. The first-order chi connectivity index (χ1) is 15.7. The summed E-state index contributed by atoms with van der Waals surface area (Å²) in [6.07, 6.45) is 3.47. The Morgan fingerprint density at radius 2 is 1.78 bits per heavy atom. The van der Waals surface area contributed by atoms with Crippen LogP contribution in [0.4, 0.5) is 5.69 Å². The van der Waals surface area contributed by atoms with Gasteiger partial charge in [-0.2, -0.15) is 0 Å². The van der Waals surface area contributed by atoms with E-state index in [2.05, 4.69) is 50.5 Å². The number of nitrogens with one attached hydrogen (secondary N) is 1. The zero-order chi connectivity index (χ0) is 21.9. The monoisotopic (exact) mass is 499 g/mol. The predicted molar refractivity (Wildman–Crippen MR) is 132 cm³/mol. The fourth-order valence-corrected chi connectivity index (χ4v) is 4.77. The van der Waals surface area contributed by atoms with Crippen molar-refractivity contribution in [2.45, 2.75) is 16.3 Å². The van der Waals surface area contributed by atoms with E-state index < -0.39 is 0 Å². The van der Waals surface area contributed by atoms with Crippen molar-refractivity contribution in [2.75, 3.05) is 0 Å². The summed E-state index contributed by atoms with van der Waals surface area (Å²) in [6, 6.07) is 25.9. The van der Waals surface area contributed by atoms with Crippen LogP contribution in [-0.2, 0) is 6.54 Å². The minimum atomic E-state index is -0.135. The van der Waals surface area contributed by atoms with E-state index in [9.17, 15) is 4.79 Å². The van der Waals surface area contributed by atoms with Gasteiger partial charge in [0.15, 0.2) is 0 Å². The Morgan fingerprint density at radius 1 is 0.938 bits per heavy atom. The number of hydrogen-bond donors (Lipinski definition) is 1. The third kappa shape index (κ3) is 4.38. The standard InChI is InChI=1S/C26H18BrN3OS/c27-20-10-7-18(8-11-20)25-21-5-1-2-6-23(21)32-24-12-9-19(14-22(24)30-25)26(31)29-16-17-4-3-13-28-15-17/h1-15H,16H2,(H,29,31). The van der Waals surface area contributed by atoms with Crippen LogP contribution in [0.15, 0.2) is 111 Å². The number of carbonyl (C=O) groups is 1. The van der Waals surface area contributed by atoms with Crippen LogP contribution >= 0.6 is 27.7 Å². The van der Waals surface area contributed by atoms with Crippen LogP contribution in [0.25, 0.3) is 0 Å². The van der Waals surface area contributed by atoms with Crippen molar-refractivity contribution in [3.05, 3.63) is 118 Å². The van der Waals surface area contributed by atoms with Crippen molar-refractivity contribution >= 4 is 45.0 Å². The first-order valence-electron chi connectivity index (χ1n) is 10.1. The van der Waals surface area contributed by atoms with Crippen LogP contribution < -0.4 is 5.32 Å². The van der Waals surface area contributed by atoms with Crippen molar-refractivity contribution in [3.63, 3.8) is 0 Å². The molecule has 0 fully saturated rings. The second-order valence-corrected chi connectivity index (χ2v) is 9.29. The molecule has 1 aromatic heterocycles. The first kappa shape index (κ1) is 20.7. The number of amides is 1. The van der Waals surface area contributed by atoms with Gasteiger partial charge in [-0.1, -0.05) is 64.1 Å². The molecule has 0 radical (unpaired) electrons. The van der Waals surface area contributed by atoms with Crippen molar-refractivity contribution in [2.24, 2.45) is 4.99 Å². The van der Waals surface area contributed by atoms with Crippen molar-refractivity contribution < 1.29 is 4.79 Å². The van der Waals surface area contributed by atoms with Gasteiger partial charge in [0.1, 0.15) is 0 Å². The number of rotatable bonds is 4. The number of pyridine rings is 1. The molecule has 3 aromatic carbocycles. The largest absolute Gasteiger partial charge is 0.348 e. The first-order valence-corrected chi connectivity index (χ1v) is 11.7. The molecule has 156 valence electrons. The van der Waals surface area contributed by atoms with Crippen LogP contribution in [0.5, 0.6) is 0 Å². The summed E-state index contributed by atoms with van der Waals surface area (Å²) in [7, 11) is 0. The van der Waals surface area contributed by atoms with Gasteiger partial charge in [-0.3, -0.25) is 9.78 Å². The number of aromatic nitrogens is 1. The minimum absolute atomic E-state index is 0.135. The van der Waals surface area contributed by atoms with Crippen LogP contribution in [0.1, 0.15) is 27.0 Å². The maximum atomic E-state index is 12.8. The Bertz CT molecular complexity index is 1320. The normalized spacial score (nSPS) is 12.2. The van der Waals surface area contributed by atoms with Gasteiger partial charge in [-0.15, -0.1) is 0 Å². The Hall–Kier alpha value is -3.22. The molecule has 1 aliphatic heterocycles. The molecule has 6 heteroatoms. The highest BCUT2D eigenvalue weighted by Crippen LogP contribution is 2.41. The summed E-state index contributed by atoms with van der Waals surface area (Å²) < 4.78 is 1.02. The molecule has 0 aliphatic carbocycles. The van der Waals surface area contributed by atoms with Gasteiger partial charge in [0.05, 0.1) is 11.4 Å². The molecule has 0 saturated heterocycles. The molecule has 0 unspecified atom stereocenters.